The molecule has 0 unspecified atom stereocenters. The summed E-state index contributed by atoms with van der Waals surface area (Å²) in [5, 5.41) is 9.75. The van der Waals surface area contributed by atoms with E-state index < -0.39 is 5.54 Å². The molecule has 1 fully saturated rings. The van der Waals surface area contributed by atoms with Gasteiger partial charge in [-0.15, -0.1) is 0 Å². The van der Waals surface area contributed by atoms with Crippen molar-refractivity contribution in [2.24, 2.45) is 0 Å². The van der Waals surface area contributed by atoms with Crippen LogP contribution in [-0.2, 0) is 22.6 Å². The van der Waals surface area contributed by atoms with E-state index in [1.165, 1.54) is 12.1 Å². The largest absolute Gasteiger partial charge is 0.350 e. The van der Waals surface area contributed by atoms with Gasteiger partial charge in [-0.3, -0.25) is 9.59 Å². The fraction of sp³-hybridized carbons (Fsp3) is 0.304. The molecule has 1 aliphatic heterocycles. The van der Waals surface area contributed by atoms with E-state index >= 15 is 0 Å². The van der Waals surface area contributed by atoms with Crippen molar-refractivity contribution in [1.29, 1.82) is 0 Å². The maximum Gasteiger partial charge on any atom is 0.246 e. The zero-order chi connectivity index (χ0) is 21.7. The standard InChI is InChI=1S/C23H23FN4O3/c24-18-8-6-16(7-9-18)14-23(13-11-20(30)27-23)12-10-19(29)25-15-21-26-22(28-31-21)17-4-2-1-3-5-17/h1-9H,10-15H2,(H,25,29)(H,27,30)/t23-/m0/s1. The van der Waals surface area contributed by atoms with Crippen molar-refractivity contribution in [3.05, 3.63) is 71.9 Å². The molecular weight excluding hydrogens is 399 g/mol. The van der Waals surface area contributed by atoms with E-state index in [9.17, 15) is 14.0 Å². The monoisotopic (exact) mass is 422 g/mol. The van der Waals surface area contributed by atoms with Gasteiger partial charge in [0.25, 0.3) is 0 Å². The van der Waals surface area contributed by atoms with Crippen LogP contribution in [0.4, 0.5) is 4.39 Å². The predicted octanol–water partition coefficient (Wildman–Crippen LogP) is 3.16. The van der Waals surface area contributed by atoms with Crippen LogP contribution in [0.25, 0.3) is 11.4 Å². The molecule has 2 N–H and O–H groups in total. The quantitative estimate of drug-likeness (QED) is 0.581. The van der Waals surface area contributed by atoms with E-state index in [1.807, 2.05) is 30.3 Å². The number of nitrogens with one attached hydrogen (secondary N) is 2. The van der Waals surface area contributed by atoms with Crippen LogP contribution in [0, 0.1) is 5.82 Å². The topological polar surface area (TPSA) is 97.1 Å². The Balaban J connectivity index is 1.31. The van der Waals surface area contributed by atoms with Gasteiger partial charge in [0.05, 0.1) is 6.54 Å². The van der Waals surface area contributed by atoms with Gasteiger partial charge in [0.1, 0.15) is 5.82 Å². The average molecular weight is 422 g/mol. The highest BCUT2D eigenvalue weighted by Crippen LogP contribution is 2.29. The van der Waals surface area contributed by atoms with Crippen LogP contribution >= 0.6 is 0 Å². The normalized spacial score (nSPS) is 18.0. The summed E-state index contributed by atoms with van der Waals surface area (Å²) in [5.74, 6) is 0.296. The molecule has 0 bridgehead atoms. The third kappa shape index (κ3) is 5.33. The molecule has 0 saturated carbocycles. The van der Waals surface area contributed by atoms with Crippen molar-refractivity contribution in [3.8, 4) is 11.4 Å². The van der Waals surface area contributed by atoms with Gasteiger partial charge in [-0.25, -0.2) is 4.39 Å². The van der Waals surface area contributed by atoms with Crippen molar-refractivity contribution in [3.63, 3.8) is 0 Å². The van der Waals surface area contributed by atoms with Gasteiger partial charge in [-0.05, 0) is 37.0 Å². The first-order valence-electron chi connectivity index (χ1n) is 10.2. The lowest BCUT2D eigenvalue weighted by Crippen LogP contribution is -2.44. The highest BCUT2D eigenvalue weighted by Gasteiger charge is 2.37. The molecule has 1 saturated heterocycles. The third-order valence-corrected chi connectivity index (χ3v) is 5.46. The van der Waals surface area contributed by atoms with Crippen LogP contribution in [0.2, 0.25) is 0 Å². The molecule has 2 heterocycles. The van der Waals surface area contributed by atoms with Crippen molar-refractivity contribution in [1.82, 2.24) is 20.8 Å². The summed E-state index contributed by atoms with van der Waals surface area (Å²) in [5.41, 5.74) is 1.25. The summed E-state index contributed by atoms with van der Waals surface area (Å²) in [6, 6.07) is 15.7. The fourth-order valence-corrected chi connectivity index (χ4v) is 3.82. The molecule has 160 valence electrons. The summed E-state index contributed by atoms with van der Waals surface area (Å²) >= 11 is 0. The summed E-state index contributed by atoms with van der Waals surface area (Å²) in [6.07, 6.45) is 2.34. The van der Waals surface area contributed by atoms with Gasteiger partial charge < -0.3 is 15.2 Å². The number of nitrogens with zero attached hydrogens (tertiary/aromatic N) is 2. The minimum absolute atomic E-state index is 0.0261. The zero-order valence-electron chi connectivity index (χ0n) is 16.9. The van der Waals surface area contributed by atoms with Gasteiger partial charge in [-0.2, -0.15) is 4.98 Å². The minimum atomic E-state index is -0.503. The Labute approximate surface area is 179 Å². The van der Waals surface area contributed by atoms with E-state index in [1.54, 1.807) is 12.1 Å². The smallest absolute Gasteiger partial charge is 0.246 e. The molecule has 2 aromatic carbocycles. The third-order valence-electron chi connectivity index (χ3n) is 5.46. The zero-order valence-corrected chi connectivity index (χ0v) is 16.9. The summed E-state index contributed by atoms with van der Waals surface area (Å²) in [4.78, 5) is 28.6. The van der Waals surface area contributed by atoms with Crippen molar-refractivity contribution in [2.45, 2.75) is 44.2 Å². The summed E-state index contributed by atoms with van der Waals surface area (Å²) in [7, 11) is 0. The Morgan fingerprint density at radius 3 is 2.65 bits per heavy atom. The number of hydrogen-bond acceptors (Lipinski definition) is 5. The first-order valence-corrected chi connectivity index (χ1v) is 10.2. The number of benzene rings is 2. The lowest BCUT2D eigenvalue weighted by Gasteiger charge is -2.29. The van der Waals surface area contributed by atoms with E-state index in [4.69, 9.17) is 4.52 Å². The second kappa shape index (κ2) is 9.07. The molecule has 0 aliphatic carbocycles. The van der Waals surface area contributed by atoms with E-state index in [2.05, 4.69) is 20.8 Å². The number of aromatic nitrogens is 2. The number of halogens is 1. The molecular formula is C23H23FN4O3. The van der Waals surface area contributed by atoms with E-state index in [0.717, 1.165) is 11.1 Å². The Kier molecular flexibility index (Phi) is 6.06. The molecule has 0 radical (unpaired) electrons. The molecule has 1 aliphatic rings. The lowest BCUT2D eigenvalue weighted by molar-refractivity contribution is -0.123. The lowest BCUT2D eigenvalue weighted by atomic mass is 9.85. The Morgan fingerprint density at radius 2 is 1.94 bits per heavy atom. The van der Waals surface area contributed by atoms with Gasteiger partial charge >= 0.3 is 0 Å². The van der Waals surface area contributed by atoms with Gasteiger partial charge in [0, 0.05) is 23.9 Å². The number of rotatable bonds is 8. The molecule has 0 spiro atoms. The highest BCUT2D eigenvalue weighted by atomic mass is 19.1. The number of carbonyl (C=O) groups excluding carboxylic acids is 2. The molecule has 2 amide bonds. The molecule has 7 nitrogen and oxygen atoms in total. The maximum atomic E-state index is 13.2. The average Bonchev–Trinajstić information content (AvgIpc) is 3.40. The molecule has 4 rings (SSSR count). The van der Waals surface area contributed by atoms with Gasteiger partial charge in [0.15, 0.2) is 0 Å². The predicted molar refractivity (Wildman–Crippen MR) is 111 cm³/mol. The molecule has 3 aromatic rings. The molecule has 1 atom stereocenters. The van der Waals surface area contributed by atoms with E-state index in [0.29, 0.717) is 37.4 Å². The van der Waals surface area contributed by atoms with Crippen LogP contribution in [-0.4, -0.2) is 27.5 Å². The first kappa shape index (κ1) is 20.7. The van der Waals surface area contributed by atoms with Crippen LogP contribution < -0.4 is 10.6 Å². The SMILES string of the molecule is O=C(CC[C@@]1(Cc2ccc(F)cc2)CCC(=O)N1)NCc1nc(-c2ccccc2)no1. The van der Waals surface area contributed by atoms with Crippen molar-refractivity contribution < 1.29 is 18.5 Å². The highest BCUT2D eigenvalue weighted by molar-refractivity contribution is 5.80. The van der Waals surface area contributed by atoms with Crippen LogP contribution in [0.15, 0.2) is 59.1 Å². The number of amides is 2. The maximum absolute atomic E-state index is 13.2. The second-order valence-electron chi connectivity index (χ2n) is 7.79. The fourth-order valence-electron chi connectivity index (χ4n) is 3.82. The molecule has 8 heteroatoms. The van der Waals surface area contributed by atoms with Crippen LogP contribution in [0.3, 0.4) is 0 Å². The van der Waals surface area contributed by atoms with Crippen molar-refractivity contribution >= 4 is 11.8 Å². The second-order valence-corrected chi connectivity index (χ2v) is 7.79. The Hall–Kier alpha value is -3.55. The summed E-state index contributed by atoms with van der Waals surface area (Å²) in [6.45, 7) is 0.135. The number of carbonyl (C=O) groups is 2. The van der Waals surface area contributed by atoms with Crippen LogP contribution in [0.5, 0.6) is 0 Å². The van der Waals surface area contributed by atoms with E-state index in [-0.39, 0.29) is 30.6 Å². The van der Waals surface area contributed by atoms with Crippen molar-refractivity contribution in [2.75, 3.05) is 0 Å². The van der Waals surface area contributed by atoms with Gasteiger partial charge in [0.2, 0.25) is 23.5 Å². The van der Waals surface area contributed by atoms with Gasteiger partial charge in [-0.1, -0.05) is 47.6 Å². The number of hydrogen-bond donors (Lipinski definition) is 2. The molecule has 1 aromatic heterocycles. The summed E-state index contributed by atoms with van der Waals surface area (Å²) < 4.78 is 18.4. The minimum Gasteiger partial charge on any atom is -0.350 e. The first-order chi connectivity index (χ1) is 15.0. The van der Waals surface area contributed by atoms with Crippen LogP contribution in [0.1, 0.15) is 37.1 Å². The Bertz CT molecular complexity index is 1050. The molecule has 31 heavy (non-hydrogen) atoms. The Morgan fingerprint density at radius 1 is 1.16 bits per heavy atom.